The molecule has 8 heteroatoms. The summed E-state index contributed by atoms with van der Waals surface area (Å²) < 4.78 is 7.06. The summed E-state index contributed by atoms with van der Waals surface area (Å²) in [6.07, 6.45) is 6.84. The quantitative estimate of drug-likeness (QED) is 0.539. The first-order valence-corrected chi connectivity index (χ1v) is 11.9. The average Bonchev–Trinajstić information content (AvgIpc) is 3.14. The van der Waals surface area contributed by atoms with E-state index in [2.05, 4.69) is 10.3 Å². The molecule has 1 unspecified atom stereocenters. The van der Waals surface area contributed by atoms with Crippen LogP contribution in [0.4, 0.5) is 5.69 Å². The predicted molar refractivity (Wildman–Crippen MR) is 125 cm³/mol. The van der Waals surface area contributed by atoms with Crippen LogP contribution in [-0.2, 0) is 9.53 Å². The summed E-state index contributed by atoms with van der Waals surface area (Å²) in [6.45, 7) is 3.59. The van der Waals surface area contributed by atoms with E-state index in [4.69, 9.17) is 4.74 Å². The highest BCUT2D eigenvalue weighted by molar-refractivity contribution is 7.20. The number of aryl methyl sites for hydroxylation is 1. The fourth-order valence-corrected chi connectivity index (χ4v) is 5.22. The van der Waals surface area contributed by atoms with Crippen molar-refractivity contribution in [3.63, 3.8) is 0 Å². The number of ether oxygens (including phenoxy) is 1. The fourth-order valence-electron chi connectivity index (χ4n) is 4.20. The smallest absolute Gasteiger partial charge is 0.348 e. The summed E-state index contributed by atoms with van der Waals surface area (Å²) in [5.41, 5.74) is 0.906. The van der Waals surface area contributed by atoms with Crippen LogP contribution >= 0.6 is 11.3 Å². The van der Waals surface area contributed by atoms with Gasteiger partial charge in [0.1, 0.15) is 21.9 Å². The second-order valence-corrected chi connectivity index (χ2v) is 9.14. The Hall–Kier alpha value is -3.00. The number of anilines is 1. The van der Waals surface area contributed by atoms with Crippen molar-refractivity contribution in [1.29, 1.82) is 0 Å². The Morgan fingerprint density at radius 2 is 1.94 bits per heavy atom. The van der Waals surface area contributed by atoms with Crippen molar-refractivity contribution in [3.05, 3.63) is 57.5 Å². The van der Waals surface area contributed by atoms with E-state index in [0.29, 0.717) is 32.8 Å². The van der Waals surface area contributed by atoms with Crippen molar-refractivity contribution >= 4 is 39.1 Å². The number of nitrogens with zero attached hydrogens (tertiary/aromatic N) is 2. The van der Waals surface area contributed by atoms with Gasteiger partial charge >= 0.3 is 5.97 Å². The Kier molecular flexibility index (Phi) is 6.69. The topological polar surface area (TPSA) is 90.3 Å². The van der Waals surface area contributed by atoms with Gasteiger partial charge in [-0.05, 0) is 56.7 Å². The monoisotopic (exact) mass is 453 g/mol. The summed E-state index contributed by atoms with van der Waals surface area (Å²) in [4.78, 5) is 44.3. The molecule has 0 saturated heterocycles. The number of carbonyl (C=O) groups is 2. The maximum absolute atomic E-state index is 13.3. The van der Waals surface area contributed by atoms with E-state index in [1.165, 1.54) is 28.7 Å². The molecule has 1 fully saturated rings. The normalized spacial score (nSPS) is 15.4. The van der Waals surface area contributed by atoms with Gasteiger partial charge in [-0.1, -0.05) is 31.5 Å². The van der Waals surface area contributed by atoms with Crippen LogP contribution in [0.15, 0.2) is 41.5 Å². The summed E-state index contributed by atoms with van der Waals surface area (Å²) in [5, 5.41) is 3.23. The maximum atomic E-state index is 13.3. The Labute approximate surface area is 190 Å². The highest BCUT2D eigenvalue weighted by Crippen LogP contribution is 2.30. The van der Waals surface area contributed by atoms with Gasteiger partial charge in [-0.3, -0.25) is 14.2 Å². The first kappa shape index (κ1) is 22.2. The van der Waals surface area contributed by atoms with Crippen LogP contribution < -0.4 is 10.9 Å². The number of hydrogen-bond acceptors (Lipinski definition) is 6. The zero-order chi connectivity index (χ0) is 22.7. The first-order chi connectivity index (χ1) is 15.5. The van der Waals surface area contributed by atoms with Gasteiger partial charge < -0.3 is 10.1 Å². The largest absolute Gasteiger partial charge is 0.458 e. The zero-order valence-electron chi connectivity index (χ0n) is 18.3. The maximum Gasteiger partial charge on any atom is 0.348 e. The molecule has 0 spiro atoms. The lowest BCUT2D eigenvalue weighted by atomic mass is 9.98. The van der Waals surface area contributed by atoms with E-state index in [-0.39, 0.29) is 17.6 Å². The summed E-state index contributed by atoms with van der Waals surface area (Å²) in [5.74, 6) is -0.677. The molecule has 0 aliphatic heterocycles. The number of nitrogens with one attached hydrogen (secondary N) is 1. The predicted octanol–water partition coefficient (Wildman–Crippen LogP) is 4.85. The second kappa shape index (κ2) is 9.65. The van der Waals surface area contributed by atoms with E-state index in [0.717, 1.165) is 25.7 Å². The van der Waals surface area contributed by atoms with Crippen LogP contribution in [0.5, 0.6) is 0 Å². The lowest BCUT2D eigenvalue weighted by molar-refractivity contribution is -0.119. The molecule has 1 atom stereocenters. The molecule has 1 aliphatic carbocycles. The molecule has 2 heterocycles. The third-order valence-corrected chi connectivity index (χ3v) is 7.13. The Morgan fingerprint density at radius 1 is 1.22 bits per heavy atom. The van der Waals surface area contributed by atoms with Crippen LogP contribution in [0.2, 0.25) is 0 Å². The number of rotatable bonds is 6. The molecular weight excluding hydrogens is 426 g/mol. The Bertz CT molecular complexity index is 1180. The van der Waals surface area contributed by atoms with Crippen molar-refractivity contribution in [1.82, 2.24) is 9.55 Å². The molecule has 1 aromatic carbocycles. The van der Waals surface area contributed by atoms with Gasteiger partial charge in [0.05, 0.1) is 11.7 Å². The molecule has 0 bridgehead atoms. The third-order valence-electron chi connectivity index (χ3n) is 5.95. The minimum absolute atomic E-state index is 0.0587. The van der Waals surface area contributed by atoms with E-state index >= 15 is 0 Å². The number of thiophene rings is 1. The highest BCUT2D eigenvalue weighted by Gasteiger charge is 2.26. The minimum atomic E-state index is -0.712. The van der Waals surface area contributed by atoms with Crippen molar-refractivity contribution < 1.29 is 14.3 Å². The van der Waals surface area contributed by atoms with Gasteiger partial charge in [0, 0.05) is 5.69 Å². The molecule has 3 aromatic rings. The van der Waals surface area contributed by atoms with Crippen LogP contribution in [0.3, 0.4) is 0 Å². The van der Waals surface area contributed by atoms with Gasteiger partial charge in [-0.2, -0.15) is 0 Å². The van der Waals surface area contributed by atoms with Gasteiger partial charge in [0.15, 0.2) is 0 Å². The molecule has 1 aliphatic rings. The number of esters is 1. The van der Waals surface area contributed by atoms with Crippen LogP contribution in [0.25, 0.3) is 10.2 Å². The summed E-state index contributed by atoms with van der Waals surface area (Å²) in [7, 11) is 0. The Morgan fingerprint density at radius 3 is 2.62 bits per heavy atom. The summed E-state index contributed by atoms with van der Waals surface area (Å²) >= 11 is 1.17. The summed E-state index contributed by atoms with van der Waals surface area (Å²) in [6, 6.07) is 8.41. The molecule has 2 aromatic heterocycles. The first-order valence-electron chi connectivity index (χ1n) is 11.1. The number of fused-ring (bicyclic) bond motifs is 1. The minimum Gasteiger partial charge on any atom is -0.458 e. The molecule has 1 N–H and O–H groups in total. The third kappa shape index (κ3) is 4.46. The number of aromatic nitrogens is 2. The van der Waals surface area contributed by atoms with Crippen LogP contribution in [0.1, 0.15) is 66.7 Å². The molecule has 168 valence electrons. The lowest BCUT2D eigenvalue weighted by Crippen LogP contribution is -2.33. The Balaban J connectivity index is 1.62. The molecule has 7 nitrogen and oxygen atoms in total. The molecular formula is C24H27N3O4S. The van der Waals surface area contributed by atoms with Gasteiger partial charge in [-0.15, -0.1) is 11.3 Å². The lowest BCUT2D eigenvalue weighted by Gasteiger charge is -2.21. The van der Waals surface area contributed by atoms with Crippen molar-refractivity contribution in [3.8, 4) is 0 Å². The van der Waals surface area contributed by atoms with Gasteiger partial charge in [0.2, 0.25) is 5.91 Å². The van der Waals surface area contributed by atoms with E-state index in [9.17, 15) is 14.4 Å². The van der Waals surface area contributed by atoms with Crippen LogP contribution in [0, 0.1) is 6.92 Å². The zero-order valence-corrected chi connectivity index (χ0v) is 19.1. The van der Waals surface area contributed by atoms with Gasteiger partial charge in [-0.25, -0.2) is 9.78 Å². The molecule has 1 amide bonds. The molecule has 0 radical (unpaired) electrons. The van der Waals surface area contributed by atoms with Gasteiger partial charge in [0.25, 0.3) is 5.56 Å². The molecule has 32 heavy (non-hydrogen) atoms. The molecule has 1 saturated carbocycles. The number of carbonyl (C=O) groups excluding carboxylic acids is 2. The van der Waals surface area contributed by atoms with Crippen molar-refractivity contribution in [2.75, 3.05) is 5.32 Å². The number of hydrogen-bond donors (Lipinski definition) is 1. The fraction of sp³-hybridized carbons (Fsp3) is 0.417. The average molecular weight is 454 g/mol. The SMILES string of the molecule is CCC(C(=O)Nc1ccccc1)n1cnc2sc(C(=O)OC3CCCCC3)c(C)c2c1=O. The highest BCUT2D eigenvalue weighted by atomic mass is 32.1. The standard InChI is InChI=1S/C24H27N3O4S/c1-3-18(21(28)26-16-10-6-4-7-11-16)27-14-25-22-19(23(27)29)15(2)20(32-22)24(30)31-17-12-8-5-9-13-17/h4,6-7,10-11,14,17-18H,3,5,8-9,12-13H2,1-2H3,(H,26,28). The molecule has 4 rings (SSSR count). The van der Waals surface area contributed by atoms with E-state index in [1.807, 2.05) is 25.1 Å². The number of amides is 1. The van der Waals surface area contributed by atoms with Crippen LogP contribution in [-0.4, -0.2) is 27.5 Å². The number of para-hydroxylation sites is 1. The second-order valence-electron chi connectivity index (χ2n) is 8.14. The van der Waals surface area contributed by atoms with Crippen molar-refractivity contribution in [2.45, 2.75) is 64.5 Å². The van der Waals surface area contributed by atoms with Crippen molar-refractivity contribution in [2.24, 2.45) is 0 Å². The van der Waals surface area contributed by atoms with E-state index < -0.39 is 12.0 Å². The number of benzene rings is 1. The van der Waals surface area contributed by atoms with E-state index in [1.54, 1.807) is 19.1 Å².